The molecule has 1 aromatic carbocycles. The number of benzene rings is 1. The van der Waals surface area contributed by atoms with Gasteiger partial charge in [-0.05, 0) is 24.3 Å². The Morgan fingerprint density at radius 1 is 1.36 bits per heavy atom. The Kier molecular flexibility index (Phi) is 3.46. The molecular weight excluding hydrogens is 176 g/mol. The van der Waals surface area contributed by atoms with Gasteiger partial charge >= 0.3 is 0 Å². The monoisotopic (exact) mass is 190 g/mol. The lowest BCUT2D eigenvalue weighted by Gasteiger charge is -2.04. The Bertz CT molecular complexity index is 323. The Morgan fingerprint density at radius 2 is 1.93 bits per heavy atom. The maximum Gasteiger partial charge on any atom is 0.165 e. The van der Waals surface area contributed by atoms with Crippen molar-refractivity contribution >= 4 is 5.78 Å². The highest BCUT2D eigenvalue weighted by Crippen LogP contribution is 2.14. The molecule has 0 heterocycles. The third kappa shape index (κ3) is 2.46. The fourth-order valence-electron chi connectivity index (χ4n) is 1.13. The van der Waals surface area contributed by atoms with Gasteiger partial charge in [-0.25, -0.2) is 0 Å². The molecule has 2 nitrogen and oxygen atoms in total. The third-order valence-electron chi connectivity index (χ3n) is 1.88. The summed E-state index contributed by atoms with van der Waals surface area (Å²) in [6.45, 7) is 7.22. The van der Waals surface area contributed by atoms with Crippen LogP contribution in [0.25, 0.3) is 0 Å². The van der Waals surface area contributed by atoms with E-state index in [0.29, 0.717) is 5.75 Å². The normalized spacial score (nSPS) is 9.93. The zero-order valence-electron chi connectivity index (χ0n) is 8.49. The molecule has 0 amide bonds. The van der Waals surface area contributed by atoms with Gasteiger partial charge in [-0.1, -0.05) is 20.4 Å². The molecule has 0 fully saturated rings. The zero-order chi connectivity index (χ0) is 10.6. The molecule has 0 saturated heterocycles. The van der Waals surface area contributed by atoms with Gasteiger partial charge in [-0.2, -0.15) is 0 Å². The summed E-state index contributed by atoms with van der Waals surface area (Å²) in [7, 11) is 0. The fourth-order valence-corrected chi connectivity index (χ4v) is 1.13. The minimum atomic E-state index is 0.0289. The van der Waals surface area contributed by atoms with Gasteiger partial charge in [0.05, 0.1) is 6.26 Å². The van der Waals surface area contributed by atoms with E-state index in [0.717, 1.165) is 5.56 Å². The summed E-state index contributed by atoms with van der Waals surface area (Å²) in [6.07, 6.45) is 1.36. The van der Waals surface area contributed by atoms with E-state index in [9.17, 15) is 4.79 Å². The first-order chi connectivity index (χ1) is 6.65. The molecule has 0 spiro atoms. The van der Waals surface area contributed by atoms with Gasteiger partial charge in [0, 0.05) is 11.5 Å². The molecule has 0 saturated carbocycles. The number of carbonyl (C=O) groups is 1. The van der Waals surface area contributed by atoms with Gasteiger partial charge in [0.25, 0.3) is 0 Å². The predicted molar refractivity (Wildman–Crippen MR) is 56.4 cm³/mol. The minimum Gasteiger partial charge on any atom is -0.466 e. The molecule has 0 aliphatic rings. The van der Waals surface area contributed by atoms with Crippen LogP contribution in [0.5, 0.6) is 5.75 Å². The molecule has 0 N–H and O–H groups in total. The first-order valence-electron chi connectivity index (χ1n) is 4.57. The standard InChI is InChI=1S/C12H14O2/c1-4-14-11-7-5-10(6-8-11)12(13)9(2)3/h4-9H,1H2,2-3H3. The van der Waals surface area contributed by atoms with Crippen LogP contribution in [0.1, 0.15) is 24.2 Å². The largest absolute Gasteiger partial charge is 0.466 e. The van der Waals surface area contributed by atoms with Crippen LogP contribution >= 0.6 is 0 Å². The zero-order valence-corrected chi connectivity index (χ0v) is 8.49. The molecule has 0 aromatic heterocycles. The van der Waals surface area contributed by atoms with Crippen molar-refractivity contribution in [1.82, 2.24) is 0 Å². The van der Waals surface area contributed by atoms with Crippen LogP contribution in [0, 0.1) is 5.92 Å². The van der Waals surface area contributed by atoms with E-state index in [1.54, 1.807) is 24.3 Å². The molecule has 2 heteroatoms. The van der Waals surface area contributed by atoms with Crippen LogP contribution < -0.4 is 4.74 Å². The highest BCUT2D eigenvalue weighted by Gasteiger charge is 2.09. The summed E-state index contributed by atoms with van der Waals surface area (Å²) < 4.78 is 5.05. The smallest absolute Gasteiger partial charge is 0.165 e. The summed E-state index contributed by atoms with van der Waals surface area (Å²) in [5, 5.41) is 0. The quantitative estimate of drug-likeness (QED) is 0.538. The maximum atomic E-state index is 11.6. The Morgan fingerprint density at radius 3 is 2.36 bits per heavy atom. The van der Waals surface area contributed by atoms with Gasteiger partial charge in [0.2, 0.25) is 0 Å². The average Bonchev–Trinajstić information content (AvgIpc) is 2.18. The van der Waals surface area contributed by atoms with Crippen molar-refractivity contribution in [3.05, 3.63) is 42.7 Å². The molecular formula is C12H14O2. The molecule has 74 valence electrons. The van der Waals surface area contributed by atoms with E-state index in [2.05, 4.69) is 6.58 Å². The Balaban J connectivity index is 2.82. The highest BCUT2D eigenvalue weighted by atomic mass is 16.5. The highest BCUT2D eigenvalue weighted by molar-refractivity contribution is 5.97. The van der Waals surface area contributed by atoms with E-state index in [1.165, 1.54) is 6.26 Å². The molecule has 0 aliphatic carbocycles. The second-order valence-corrected chi connectivity index (χ2v) is 3.33. The minimum absolute atomic E-state index is 0.0289. The van der Waals surface area contributed by atoms with E-state index >= 15 is 0 Å². The van der Waals surface area contributed by atoms with Crippen LogP contribution in [0.3, 0.4) is 0 Å². The van der Waals surface area contributed by atoms with Gasteiger partial charge in [0.1, 0.15) is 5.75 Å². The van der Waals surface area contributed by atoms with Crippen molar-refractivity contribution in [2.45, 2.75) is 13.8 Å². The van der Waals surface area contributed by atoms with E-state index in [4.69, 9.17) is 4.74 Å². The topological polar surface area (TPSA) is 26.3 Å². The fraction of sp³-hybridized carbons (Fsp3) is 0.250. The molecule has 0 bridgehead atoms. The van der Waals surface area contributed by atoms with Gasteiger partial charge in [-0.15, -0.1) is 0 Å². The number of hydrogen-bond acceptors (Lipinski definition) is 2. The Labute approximate surface area is 84.2 Å². The predicted octanol–water partition coefficient (Wildman–Crippen LogP) is 3.05. The number of ether oxygens (including phenoxy) is 1. The van der Waals surface area contributed by atoms with Gasteiger partial charge < -0.3 is 4.74 Å². The van der Waals surface area contributed by atoms with Crippen molar-refractivity contribution in [2.75, 3.05) is 0 Å². The summed E-state index contributed by atoms with van der Waals surface area (Å²) in [6, 6.07) is 7.05. The second-order valence-electron chi connectivity index (χ2n) is 3.33. The second kappa shape index (κ2) is 4.61. The number of rotatable bonds is 4. The van der Waals surface area contributed by atoms with Crippen molar-refractivity contribution in [3.8, 4) is 5.75 Å². The first-order valence-corrected chi connectivity index (χ1v) is 4.57. The Hall–Kier alpha value is -1.57. The number of Topliss-reactive ketones (excluding diaryl/α,β-unsaturated/α-hetero) is 1. The SMILES string of the molecule is C=COc1ccc(C(=O)C(C)C)cc1. The van der Waals surface area contributed by atoms with Crippen LogP contribution in [0.4, 0.5) is 0 Å². The lowest BCUT2D eigenvalue weighted by molar-refractivity contribution is 0.0939. The lowest BCUT2D eigenvalue weighted by Crippen LogP contribution is -2.06. The van der Waals surface area contributed by atoms with Crippen molar-refractivity contribution in [3.63, 3.8) is 0 Å². The molecule has 0 aliphatic heterocycles. The van der Waals surface area contributed by atoms with Gasteiger partial charge in [0.15, 0.2) is 5.78 Å². The van der Waals surface area contributed by atoms with Crippen LogP contribution in [0.2, 0.25) is 0 Å². The summed E-state index contributed by atoms with van der Waals surface area (Å²) in [5.41, 5.74) is 0.719. The summed E-state index contributed by atoms with van der Waals surface area (Å²) in [5.74, 6) is 0.872. The maximum absolute atomic E-state index is 11.6. The number of ketones is 1. The van der Waals surface area contributed by atoms with Crippen LogP contribution in [-0.4, -0.2) is 5.78 Å². The molecule has 0 unspecified atom stereocenters. The van der Waals surface area contributed by atoms with E-state index in [1.807, 2.05) is 13.8 Å². The van der Waals surface area contributed by atoms with Gasteiger partial charge in [-0.3, -0.25) is 4.79 Å². The van der Waals surface area contributed by atoms with Crippen LogP contribution in [0.15, 0.2) is 37.1 Å². The van der Waals surface area contributed by atoms with E-state index in [-0.39, 0.29) is 11.7 Å². The van der Waals surface area contributed by atoms with Crippen LogP contribution in [-0.2, 0) is 0 Å². The van der Waals surface area contributed by atoms with E-state index < -0.39 is 0 Å². The number of carbonyl (C=O) groups excluding carboxylic acids is 1. The summed E-state index contributed by atoms with van der Waals surface area (Å²) >= 11 is 0. The molecule has 1 aromatic rings. The summed E-state index contributed by atoms with van der Waals surface area (Å²) in [4.78, 5) is 11.6. The average molecular weight is 190 g/mol. The van der Waals surface area contributed by atoms with Crippen molar-refractivity contribution < 1.29 is 9.53 Å². The third-order valence-corrected chi connectivity index (χ3v) is 1.88. The molecule has 0 atom stereocenters. The molecule has 0 radical (unpaired) electrons. The molecule has 14 heavy (non-hydrogen) atoms. The molecule has 1 rings (SSSR count). The lowest BCUT2D eigenvalue weighted by atomic mass is 10.0. The number of hydrogen-bond donors (Lipinski definition) is 0. The van der Waals surface area contributed by atoms with Crippen molar-refractivity contribution in [1.29, 1.82) is 0 Å². The van der Waals surface area contributed by atoms with Crippen molar-refractivity contribution in [2.24, 2.45) is 5.92 Å². The first kappa shape index (κ1) is 10.5.